The minimum atomic E-state index is -0.687. The molecule has 0 saturated carbocycles. The highest BCUT2D eigenvalue weighted by atomic mass is 32.2. The molecule has 3 heterocycles. The summed E-state index contributed by atoms with van der Waals surface area (Å²) >= 11 is 3.25. The van der Waals surface area contributed by atoms with Crippen LogP contribution in [0.15, 0.2) is 29.6 Å². The number of thioether (sulfide) groups is 1. The number of carbonyl (C=O) groups is 2. The van der Waals surface area contributed by atoms with Gasteiger partial charge in [0, 0.05) is 16.7 Å². The quantitative estimate of drug-likeness (QED) is 0.809. The molecule has 1 spiro atoms. The van der Waals surface area contributed by atoms with Crippen molar-refractivity contribution >= 4 is 35.0 Å². The molecule has 7 heteroatoms. The Morgan fingerprint density at radius 2 is 2.04 bits per heavy atom. The lowest BCUT2D eigenvalue weighted by molar-refractivity contribution is -0.130. The summed E-state index contributed by atoms with van der Waals surface area (Å²) in [7, 11) is 0. The van der Waals surface area contributed by atoms with Gasteiger partial charge in [-0.05, 0) is 23.7 Å². The second-order valence-corrected chi connectivity index (χ2v) is 9.09. The van der Waals surface area contributed by atoms with Crippen LogP contribution in [0.25, 0.3) is 10.6 Å². The van der Waals surface area contributed by atoms with Crippen LogP contribution in [0, 0.1) is 0 Å². The van der Waals surface area contributed by atoms with Gasteiger partial charge in [0.15, 0.2) is 0 Å². The van der Waals surface area contributed by atoms with E-state index in [1.807, 2.05) is 5.38 Å². The summed E-state index contributed by atoms with van der Waals surface area (Å²) in [6.07, 6.45) is 0.712. The Bertz CT molecular complexity index is 839. The Balaban J connectivity index is 1.50. The molecule has 4 rings (SSSR count). The Labute approximate surface area is 161 Å². The van der Waals surface area contributed by atoms with E-state index in [2.05, 4.69) is 48.4 Å². The van der Waals surface area contributed by atoms with E-state index in [1.165, 1.54) is 10.5 Å². The lowest BCUT2D eigenvalue weighted by Crippen LogP contribution is -2.46. The molecule has 0 bridgehead atoms. The van der Waals surface area contributed by atoms with Crippen molar-refractivity contribution in [2.45, 2.75) is 38.3 Å². The molecule has 2 saturated heterocycles. The van der Waals surface area contributed by atoms with Crippen molar-refractivity contribution in [1.29, 1.82) is 0 Å². The van der Waals surface area contributed by atoms with Gasteiger partial charge in [-0.2, -0.15) is 11.8 Å². The van der Waals surface area contributed by atoms with E-state index < -0.39 is 5.54 Å². The topological polar surface area (TPSA) is 62.3 Å². The maximum absolute atomic E-state index is 12.7. The van der Waals surface area contributed by atoms with Gasteiger partial charge < -0.3 is 5.32 Å². The number of nitrogens with one attached hydrogen (secondary N) is 1. The summed E-state index contributed by atoms with van der Waals surface area (Å²) in [6, 6.07) is 8.11. The summed E-state index contributed by atoms with van der Waals surface area (Å²) in [4.78, 5) is 31.0. The molecule has 3 amide bonds. The molecule has 2 fully saturated rings. The van der Waals surface area contributed by atoms with Crippen LogP contribution < -0.4 is 5.32 Å². The minimum Gasteiger partial charge on any atom is -0.322 e. The Kier molecular flexibility index (Phi) is 4.52. The largest absolute Gasteiger partial charge is 0.325 e. The van der Waals surface area contributed by atoms with Crippen LogP contribution in [0.2, 0.25) is 0 Å². The van der Waals surface area contributed by atoms with Gasteiger partial charge in [0.2, 0.25) is 0 Å². The maximum atomic E-state index is 12.7. The van der Waals surface area contributed by atoms with E-state index in [9.17, 15) is 9.59 Å². The number of aromatic nitrogens is 1. The number of rotatable bonds is 4. The number of amides is 3. The zero-order valence-corrected chi connectivity index (χ0v) is 16.5. The molecule has 0 radical (unpaired) electrons. The molecule has 1 aromatic heterocycles. The van der Waals surface area contributed by atoms with Gasteiger partial charge in [-0.1, -0.05) is 38.1 Å². The summed E-state index contributed by atoms with van der Waals surface area (Å²) < 4.78 is 0. The van der Waals surface area contributed by atoms with Crippen molar-refractivity contribution < 1.29 is 9.59 Å². The molecule has 26 heavy (non-hydrogen) atoms. The Morgan fingerprint density at radius 1 is 1.27 bits per heavy atom. The normalized spacial score (nSPS) is 22.7. The Morgan fingerprint density at radius 3 is 2.69 bits per heavy atom. The first kappa shape index (κ1) is 17.5. The van der Waals surface area contributed by atoms with Crippen LogP contribution in [0.3, 0.4) is 0 Å². The average Bonchev–Trinajstić information content (AvgIpc) is 3.33. The van der Waals surface area contributed by atoms with Crippen LogP contribution in [0.5, 0.6) is 0 Å². The standard InChI is InChI=1S/C19H21N3O2S2/c1-12(2)13-3-5-14(6-4-13)16-20-15(10-26-16)9-22-17(23)19(21-18(22)24)7-8-25-11-19/h3-6,10,12H,7-9,11H2,1-2H3,(H,21,24). The van der Waals surface area contributed by atoms with Gasteiger partial charge in [-0.15, -0.1) is 11.3 Å². The monoisotopic (exact) mass is 387 g/mol. The Hall–Kier alpha value is -1.86. The van der Waals surface area contributed by atoms with Crippen molar-refractivity contribution in [2.75, 3.05) is 11.5 Å². The second kappa shape index (κ2) is 6.70. The van der Waals surface area contributed by atoms with E-state index in [1.54, 1.807) is 23.1 Å². The number of imide groups is 1. The van der Waals surface area contributed by atoms with Crippen molar-refractivity contribution in [2.24, 2.45) is 0 Å². The maximum Gasteiger partial charge on any atom is 0.325 e. The number of benzene rings is 1. The van der Waals surface area contributed by atoms with Gasteiger partial charge in [0.1, 0.15) is 10.5 Å². The molecule has 1 N–H and O–H groups in total. The molecule has 2 aliphatic rings. The van der Waals surface area contributed by atoms with Crippen molar-refractivity contribution in [3.63, 3.8) is 0 Å². The average molecular weight is 388 g/mol. The molecule has 136 valence electrons. The van der Waals surface area contributed by atoms with Crippen LogP contribution in [0.4, 0.5) is 4.79 Å². The third kappa shape index (κ3) is 3.03. The fourth-order valence-electron chi connectivity index (χ4n) is 3.34. The van der Waals surface area contributed by atoms with Gasteiger partial charge in [-0.3, -0.25) is 9.69 Å². The lowest BCUT2D eigenvalue weighted by atomic mass is 9.99. The van der Waals surface area contributed by atoms with E-state index in [-0.39, 0.29) is 18.5 Å². The van der Waals surface area contributed by atoms with Gasteiger partial charge in [0.05, 0.1) is 12.2 Å². The van der Waals surface area contributed by atoms with Crippen molar-refractivity contribution in [3.8, 4) is 10.6 Å². The highest BCUT2D eigenvalue weighted by Crippen LogP contribution is 2.34. The number of thiazole rings is 1. The van der Waals surface area contributed by atoms with E-state index in [0.29, 0.717) is 18.1 Å². The molecule has 2 aliphatic heterocycles. The third-order valence-electron chi connectivity index (χ3n) is 4.96. The fraction of sp³-hybridized carbons (Fsp3) is 0.421. The van der Waals surface area contributed by atoms with Crippen LogP contribution in [0.1, 0.15) is 37.4 Å². The van der Waals surface area contributed by atoms with E-state index >= 15 is 0 Å². The van der Waals surface area contributed by atoms with Gasteiger partial charge >= 0.3 is 6.03 Å². The molecule has 1 atom stereocenters. The van der Waals surface area contributed by atoms with E-state index in [4.69, 9.17) is 0 Å². The van der Waals surface area contributed by atoms with Crippen molar-refractivity contribution in [1.82, 2.24) is 15.2 Å². The van der Waals surface area contributed by atoms with Crippen LogP contribution >= 0.6 is 23.1 Å². The second-order valence-electron chi connectivity index (χ2n) is 7.13. The molecular formula is C19H21N3O2S2. The van der Waals surface area contributed by atoms with Crippen molar-refractivity contribution in [3.05, 3.63) is 40.9 Å². The molecule has 2 aromatic rings. The summed E-state index contributed by atoms with van der Waals surface area (Å²) in [5.74, 6) is 1.96. The molecular weight excluding hydrogens is 366 g/mol. The van der Waals surface area contributed by atoms with Gasteiger partial charge in [-0.25, -0.2) is 9.78 Å². The fourth-order valence-corrected chi connectivity index (χ4v) is 5.48. The number of carbonyl (C=O) groups excluding carboxylic acids is 2. The molecule has 5 nitrogen and oxygen atoms in total. The van der Waals surface area contributed by atoms with Crippen LogP contribution in [-0.2, 0) is 11.3 Å². The third-order valence-corrected chi connectivity index (χ3v) is 7.09. The SMILES string of the molecule is CC(C)c1ccc(-c2nc(CN3C(=O)NC4(CCSC4)C3=O)cs2)cc1. The zero-order valence-electron chi connectivity index (χ0n) is 14.8. The highest BCUT2D eigenvalue weighted by molar-refractivity contribution is 7.99. The zero-order chi connectivity index (χ0) is 18.3. The number of urea groups is 1. The molecule has 1 aromatic carbocycles. The van der Waals surface area contributed by atoms with Gasteiger partial charge in [0.25, 0.3) is 5.91 Å². The summed E-state index contributed by atoms with van der Waals surface area (Å²) in [5.41, 5.74) is 2.42. The molecule has 0 aliphatic carbocycles. The number of nitrogens with zero attached hydrogens (tertiary/aromatic N) is 2. The summed E-state index contributed by atoms with van der Waals surface area (Å²) in [6.45, 7) is 4.58. The smallest absolute Gasteiger partial charge is 0.322 e. The van der Waals surface area contributed by atoms with Crippen LogP contribution in [-0.4, -0.2) is 38.9 Å². The lowest BCUT2D eigenvalue weighted by Gasteiger charge is -2.18. The molecule has 1 unspecified atom stereocenters. The number of hydrogen-bond acceptors (Lipinski definition) is 5. The highest BCUT2D eigenvalue weighted by Gasteiger charge is 2.52. The summed E-state index contributed by atoms with van der Waals surface area (Å²) in [5, 5.41) is 5.74. The predicted molar refractivity (Wildman–Crippen MR) is 105 cm³/mol. The van der Waals surface area contributed by atoms with E-state index in [0.717, 1.165) is 22.0 Å². The minimum absolute atomic E-state index is 0.108. The first-order valence-electron chi connectivity index (χ1n) is 8.75. The first-order valence-corrected chi connectivity index (χ1v) is 10.8. The first-order chi connectivity index (χ1) is 12.5. The number of hydrogen-bond donors (Lipinski definition) is 1. The predicted octanol–water partition coefficient (Wildman–Crippen LogP) is 3.86.